The minimum Gasteiger partial charge on any atom is -0.508 e. The van der Waals surface area contributed by atoms with E-state index in [0.29, 0.717) is 27.8 Å². The lowest BCUT2D eigenvalue weighted by molar-refractivity contribution is 0.435. The fraction of sp³-hybridized carbons (Fsp3) is 0.0625. The number of imidazole rings is 1. The summed E-state index contributed by atoms with van der Waals surface area (Å²) in [5.41, 5.74) is 1.07. The molecule has 0 atom stereocenters. The summed E-state index contributed by atoms with van der Waals surface area (Å²) < 4.78 is 1.10. The van der Waals surface area contributed by atoms with Crippen LogP contribution < -0.4 is 5.69 Å². The minimum absolute atomic E-state index is 0.151. The number of nitrogens with one attached hydrogen (secondary N) is 1. The number of benzene rings is 2. The first-order valence-electron chi connectivity index (χ1n) is 6.71. The standard InChI is InChI=1S/C16H12Cl2N2O3/c17-10-6-11(18)8-12(7-10)20-15(22)14(19-16(20)23)5-9-1-3-13(21)4-2-9/h1-4,6-8,21-22H,5H2,(H,19,23). The number of hydrogen-bond acceptors (Lipinski definition) is 3. The number of phenols is 1. The molecule has 3 rings (SSSR count). The van der Waals surface area contributed by atoms with E-state index in [2.05, 4.69) is 4.98 Å². The maximum Gasteiger partial charge on any atom is 0.333 e. The number of aromatic amines is 1. The molecule has 0 unspecified atom stereocenters. The van der Waals surface area contributed by atoms with E-state index in [1.165, 1.54) is 24.3 Å². The maximum atomic E-state index is 12.1. The highest BCUT2D eigenvalue weighted by Crippen LogP contribution is 2.26. The average molecular weight is 351 g/mol. The molecule has 7 heteroatoms. The predicted octanol–water partition coefficient (Wildman–Crippen LogP) is 3.47. The fourth-order valence-electron chi connectivity index (χ4n) is 2.32. The molecule has 1 heterocycles. The van der Waals surface area contributed by atoms with Crippen LogP contribution in [0.15, 0.2) is 47.3 Å². The molecule has 0 aliphatic carbocycles. The van der Waals surface area contributed by atoms with Gasteiger partial charge in [-0.15, -0.1) is 0 Å². The number of hydrogen-bond donors (Lipinski definition) is 3. The zero-order chi connectivity index (χ0) is 16.6. The van der Waals surface area contributed by atoms with Gasteiger partial charge < -0.3 is 15.2 Å². The van der Waals surface area contributed by atoms with Crippen molar-refractivity contribution in [1.29, 1.82) is 0 Å². The maximum absolute atomic E-state index is 12.1. The van der Waals surface area contributed by atoms with Gasteiger partial charge in [-0.05, 0) is 35.9 Å². The Labute approximate surface area is 141 Å². The van der Waals surface area contributed by atoms with Gasteiger partial charge in [0.2, 0.25) is 5.88 Å². The first-order valence-corrected chi connectivity index (χ1v) is 7.47. The molecular formula is C16H12Cl2N2O3. The molecule has 0 saturated carbocycles. The van der Waals surface area contributed by atoms with Crippen molar-refractivity contribution >= 4 is 23.2 Å². The lowest BCUT2D eigenvalue weighted by atomic mass is 10.1. The third-order valence-electron chi connectivity index (χ3n) is 3.37. The minimum atomic E-state index is -0.491. The molecule has 0 amide bonds. The molecule has 5 nitrogen and oxygen atoms in total. The largest absolute Gasteiger partial charge is 0.508 e. The van der Waals surface area contributed by atoms with E-state index in [-0.39, 0.29) is 11.6 Å². The fourth-order valence-corrected chi connectivity index (χ4v) is 2.84. The predicted molar refractivity (Wildman–Crippen MR) is 89.0 cm³/mol. The van der Waals surface area contributed by atoms with Crippen molar-refractivity contribution < 1.29 is 10.2 Å². The van der Waals surface area contributed by atoms with E-state index in [1.54, 1.807) is 18.2 Å². The van der Waals surface area contributed by atoms with E-state index in [0.717, 1.165) is 10.1 Å². The Morgan fingerprint density at radius 2 is 1.61 bits per heavy atom. The molecule has 0 saturated heterocycles. The Balaban J connectivity index is 2.02. The van der Waals surface area contributed by atoms with Crippen molar-refractivity contribution in [2.75, 3.05) is 0 Å². The van der Waals surface area contributed by atoms with Crippen LogP contribution in [0.3, 0.4) is 0 Å². The van der Waals surface area contributed by atoms with Gasteiger partial charge in [-0.25, -0.2) is 9.36 Å². The van der Waals surface area contributed by atoms with Gasteiger partial charge in [0, 0.05) is 16.5 Å². The van der Waals surface area contributed by atoms with Gasteiger partial charge in [0.15, 0.2) is 0 Å². The second-order valence-electron chi connectivity index (χ2n) is 5.04. The van der Waals surface area contributed by atoms with Crippen LogP contribution in [0.25, 0.3) is 5.69 Å². The van der Waals surface area contributed by atoms with Crippen LogP contribution >= 0.6 is 23.2 Å². The van der Waals surface area contributed by atoms with E-state index < -0.39 is 5.69 Å². The van der Waals surface area contributed by atoms with Crippen LogP contribution in [-0.4, -0.2) is 19.8 Å². The lowest BCUT2D eigenvalue weighted by Crippen LogP contribution is -2.14. The Bertz CT molecular complexity index is 894. The summed E-state index contributed by atoms with van der Waals surface area (Å²) in [5.74, 6) is -0.0565. The summed E-state index contributed by atoms with van der Waals surface area (Å²) in [5, 5.41) is 20.4. The molecule has 1 aromatic heterocycles. The molecule has 0 aliphatic rings. The lowest BCUT2D eigenvalue weighted by Gasteiger charge is -2.05. The molecule has 3 aromatic rings. The number of phenolic OH excluding ortho intramolecular Hbond substituents is 1. The van der Waals surface area contributed by atoms with E-state index >= 15 is 0 Å². The Morgan fingerprint density at radius 3 is 2.22 bits per heavy atom. The van der Waals surface area contributed by atoms with Crippen molar-refractivity contribution in [3.63, 3.8) is 0 Å². The molecule has 0 fully saturated rings. The smallest absolute Gasteiger partial charge is 0.333 e. The normalized spacial score (nSPS) is 10.9. The first kappa shape index (κ1) is 15.5. The van der Waals surface area contributed by atoms with E-state index in [9.17, 15) is 15.0 Å². The van der Waals surface area contributed by atoms with Gasteiger partial charge in [-0.1, -0.05) is 35.3 Å². The van der Waals surface area contributed by atoms with Crippen molar-refractivity contribution in [3.05, 3.63) is 74.3 Å². The van der Waals surface area contributed by atoms with Gasteiger partial charge in [0.05, 0.1) is 11.4 Å². The summed E-state index contributed by atoms with van der Waals surface area (Å²) in [7, 11) is 0. The SMILES string of the molecule is O=c1[nH]c(Cc2ccc(O)cc2)c(O)n1-c1cc(Cl)cc(Cl)c1. The third-order valence-corrected chi connectivity index (χ3v) is 3.80. The quantitative estimate of drug-likeness (QED) is 0.676. The zero-order valence-electron chi connectivity index (χ0n) is 11.8. The molecule has 23 heavy (non-hydrogen) atoms. The highest BCUT2D eigenvalue weighted by atomic mass is 35.5. The summed E-state index contributed by atoms with van der Waals surface area (Å²) >= 11 is 11.9. The van der Waals surface area contributed by atoms with Gasteiger partial charge in [-0.2, -0.15) is 0 Å². The van der Waals surface area contributed by atoms with Crippen LogP contribution in [-0.2, 0) is 6.42 Å². The van der Waals surface area contributed by atoms with E-state index in [4.69, 9.17) is 23.2 Å². The molecule has 0 aliphatic heterocycles. The van der Waals surface area contributed by atoms with Crippen molar-refractivity contribution in [1.82, 2.24) is 9.55 Å². The van der Waals surface area contributed by atoms with Crippen LogP contribution in [0, 0.1) is 0 Å². The number of nitrogens with zero attached hydrogens (tertiary/aromatic N) is 1. The summed E-state index contributed by atoms with van der Waals surface area (Å²) in [4.78, 5) is 14.8. The number of H-pyrrole nitrogens is 1. The molecule has 118 valence electrons. The zero-order valence-corrected chi connectivity index (χ0v) is 13.3. The number of aromatic hydroxyl groups is 2. The molecule has 0 bridgehead atoms. The Hall–Kier alpha value is -2.37. The molecule has 3 N–H and O–H groups in total. The van der Waals surface area contributed by atoms with Crippen LogP contribution in [0.5, 0.6) is 11.6 Å². The molecular weight excluding hydrogens is 339 g/mol. The molecule has 0 spiro atoms. The number of aromatic nitrogens is 2. The number of rotatable bonds is 3. The molecule has 2 aromatic carbocycles. The summed E-state index contributed by atoms with van der Waals surface area (Å²) in [6.45, 7) is 0. The van der Waals surface area contributed by atoms with Crippen molar-refractivity contribution in [2.24, 2.45) is 0 Å². The summed E-state index contributed by atoms with van der Waals surface area (Å²) in [6, 6.07) is 11.1. The Morgan fingerprint density at radius 1 is 1.00 bits per heavy atom. The van der Waals surface area contributed by atoms with Gasteiger partial charge >= 0.3 is 5.69 Å². The van der Waals surface area contributed by atoms with Crippen LogP contribution in [0.1, 0.15) is 11.3 Å². The monoisotopic (exact) mass is 350 g/mol. The second kappa shape index (κ2) is 6.02. The van der Waals surface area contributed by atoms with Gasteiger partial charge in [-0.3, -0.25) is 0 Å². The highest BCUT2D eigenvalue weighted by Gasteiger charge is 2.15. The van der Waals surface area contributed by atoms with Crippen LogP contribution in [0.4, 0.5) is 0 Å². The highest BCUT2D eigenvalue weighted by molar-refractivity contribution is 6.34. The summed E-state index contributed by atoms with van der Waals surface area (Å²) in [6.07, 6.45) is 0.308. The first-order chi connectivity index (χ1) is 10.9. The number of halogens is 2. The molecule has 0 radical (unpaired) electrons. The topological polar surface area (TPSA) is 78.2 Å². The van der Waals surface area contributed by atoms with Crippen molar-refractivity contribution in [3.8, 4) is 17.3 Å². The van der Waals surface area contributed by atoms with Gasteiger partial charge in [0.25, 0.3) is 0 Å². The van der Waals surface area contributed by atoms with Gasteiger partial charge in [0.1, 0.15) is 5.75 Å². The van der Waals surface area contributed by atoms with E-state index in [1.807, 2.05) is 0 Å². The Kier molecular flexibility index (Phi) is 4.07. The third kappa shape index (κ3) is 3.21. The second-order valence-corrected chi connectivity index (χ2v) is 5.91. The van der Waals surface area contributed by atoms with Crippen LogP contribution in [0.2, 0.25) is 10.0 Å². The average Bonchev–Trinajstić information content (AvgIpc) is 2.75. The van der Waals surface area contributed by atoms with Crippen molar-refractivity contribution in [2.45, 2.75) is 6.42 Å².